The maximum atomic E-state index is 12.4. The number of non-ortho nitro benzene ring substituents is 1. The third-order valence-corrected chi connectivity index (χ3v) is 6.67. The number of nitro benzene ring substituents is 1. The second-order valence-electron chi connectivity index (χ2n) is 7.37. The predicted octanol–water partition coefficient (Wildman–Crippen LogP) is 1.64. The zero-order chi connectivity index (χ0) is 22.0. The number of ether oxygens (including phenoxy) is 1. The summed E-state index contributed by atoms with van der Waals surface area (Å²) < 4.78 is 32.4. The topological polar surface area (TPSA) is 135 Å². The summed E-state index contributed by atoms with van der Waals surface area (Å²) in [5, 5.41) is 17.1. The van der Waals surface area contributed by atoms with Gasteiger partial charge in [0, 0.05) is 52.0 Å². The normalized spacial score (nSPS) is 16.0. The van der Waals surface area contributed by atoms with Crippen LogP contribution in [0, 0.1) is 15.5 Å². The molecule has 2 rings (SSSR count). The summed E-state index contributed by atoms with van der Waals surface area (Å²) in [6.45, 7) is 4.52. The van der Waals surface area contributed by atoms with Crippen LogP contribution in [-0.4, -0.2) is 59.2 Å². The van der Waals surface area contributed by atoms with Crippen molar-refractivity contribution in [3.05, 3.63) is 34.4 Å². The molecule has 1 aliphatic carbocycles. The van der Waals surface area contributed by atoms with Crippen molar-refractivity contribution in [2.45, 2.75) is 37.5 Å². The SMILES string of the molecule is CCNC(=NCC1(CCOC)CCC1)NCCNS(=O)(=O)c1cccc([N+](=O)[O-])c1. The molecule has 0 amide bonds. The average molecular weight is 442 g/mol. The fraction of sp³-hybridized carbons (Fsp3) is 0.632. The predicted molar refractivity (Wildman–Crippen MR) is 115 cm³/mol. The van der Waals surface area contributed by atoms with E-state index in [9.17, 15) is 18.5 Å². The van der Waals surface area contributed by atoms with Gasteiger partial charge in [0.1, 0.15) is 0 Å². The van der Waals surface area contributed by atoms with Gasteiger partial charge in [-0.25, -0.2) is 13.1 Å². The summed E-state index contributed by atoms with van der Waals surface area (Å²) in [7, 11) is -2.13. The molecule has 1 aromatic carbocycles. The Hall–Kier alpha value is -2.24. The van der Waals surface area contributed by atoms with E-state index in [2.05, 4.69) is 20.3 Å². The number of hydrogen-bond donors (Lipinski definition) is 3. The number of benzene rings is 1. The molecule has 0 atom stereocenters. The molecular formula is C19H31N5O5S. The maximum absolute atomic E-state index is 12.4. The van der Waals surface area contributed by atoms with E-state index in [0.29, 0.717) is 25.6 Å². The molecule has 0 aliphatic heterocycles. The van der Waals surface area contributed by atoms with Gasteiger partial charge in [0.2, 0.25) is 10.0 Å². The molecule has 0 spiro atoms. The average Bonchev–Trinajstić information content (AvgIpc) is 2.70. The first kappa shape index (κ1) is 24.0. The van der Waals surface area contributed by atoms with Crippen LogP contribution >= 0.6 is 0 Å². The molecule has 0 saturated heterocycles. The number of sulfonamides is 1. The van der Waals surface area contributed by atoms with E-state index in [1.807, 2.05) is 6.92 Å². The van der Waals surface area contributed by atoms with Crippen LogP contribution in [0.4, 0.5) is 5.69 Å². The highest BCUT2D eigenvalue weighted by Crippen LogP contribution is 2.44. The van der Waals surface area contributed by atoms with Gasteiger partial charge in [-0.2, -0.15) is 0 Å². The van der Waals surface area contributed by atoms with Crippen molar-refractivity contribution >= 4 is 21.7 Å². The maximum Gasteiger partial charge on any atom is 0.270 e. The van der Waals surface area contributed by atoms with Crippen molar-refractivity contribution in [2.75, 3.05) is 39.9 Å². The molecule has 0 radical (unpaired) electrons. The minimum Gasteiger partial charge on any atom is -0.385 e. The zero-order valence-corrected chi connectivity index (χ0v) is 18.3. The van der Waals surface area contributed by atoms with Crippen molar-refractivity contribution in [1.82, 2.24) is 15.4 Å². The van der Waals surface area contributed by atoms with Gasteiger partial charge in [-0.3, -0.25) is 15.1 Å². The third-order valence-electron chi connectivity index (χ3n) is 5.22. The Kier molecular flexibility index (Phi) is 9.00. The Morgan fingerprint density at radius 1 is 1.30 bits per heavy atom. The van der Waals surface area contributed by atoms with E-state index < -0.39 is 14.9 Å². The molecule has 1 saturated carbocycles. The summed E-state index contributed by atoms with van der Waals surface area (Å²) >= 11 is 0. The molecule has 0 bridgehead atoms. The van der Waals surface area contributed by atoms with E-state index in [1.165, 1.54) is 24.6 Å². The molecule has 1 aromatic rings. The van der Waals surface area contributed by atoms with Crippen LogP contribution in [0.2, 0.25) is 0 Å². The van der Waals surface area contributed by atoms with Gasteiger partial charge in [0.25, 0.3) is 5.69 Å². The first-order valence-electron chi connectivity index (χ1n) is 10.1. The second kappa shape index (κ2) is 11.2. The molecule has 168 valence electrons. The van der Waals surface area contributed by atoms with Crippen molar-refractivity contribution in [3.8, 4) is 0 Å². The van der Waals surface area contributed by atoms with Crippen molar-refractivity contribution < 1.29 is 18.1 Å². The van der Waals surface area contributed by atoms with Crippen LogP contribution in [0.3, 0.4) is 0 Å². The van der Waals surface area contributed by atoms with Crippen LogP contribution in [0.5, 0.6) is 0 Å². The summed E-state index contributed by atoms with van der Waals surface area (Å²) in [4.78, 5) is 14.8. The number of nitrogens with one attached hydrogen (secondary N) is 3. The Morgan fingerprint density at radius 3 is 2.67 bits per heavy atom. The quantitative estimate of drug-likeness (QED) is 0.147. The summed E-state index contributed by atoms with van der Waals surface area (Å²) in [6.07, 6.45) is 4.47. The van der Waals surface area contributed by atoms with Gasteiger partial charge >= 0.3 is 0 Å². The van der Waals surface area contributed by atoms with Crippen LogP contribution in [0.15, 0.2) is 34.2 Å². The van der Waals surface area contributed by atoms with E-state index in [1.54, 1.807) is 7.11 Å². The summed E-state index contributed by atoms with van der Waals surface area (Å²) in [6, 6.07) is 4.97. The van der Waals surface area contributed by atoms with Crippen LogP contribution in [-0.2, 0) is 14.8 Å². The molecule has 1 fully saturated rings. The van der Waals surface area contributed by atoms with Crippen LogP contribution in [0.1, 0.15) is 32.6 Å². The van der Waals surface area contributed by atoms with Gasteiger partial charge in [0.05, 0.1) is 9.82 Å². The molecule has 0 heterocycles. The monoisotopic (exact) mass is 441 g/mol. The van der Waals surface area contributed by atoms with Gasteiger partial charge in [-0.1, -0.05) is 12.5 Å². The molecule has 3 N–H and O–H groups in total. The highest BCUT2D eigenvalue weighted by atomic mass is 32.2. The Bertz CT molecular complexity index is 839. The summed E-state index contributed by atoms with van der Waals surface area (Å²) in [5.41, 5.74) is -0.0712. The number of nitro groups is 1. The number of guanidine groups is 1. The Balaban J connectivity index is 1.88. The minimum absolute atomic E-state index is 0.115. The number of methoxy groups -OCH3 is 1. The molecule has 1 aliphatic rings. The second-order valence-corrected chi connectivity index (χ2v) is 9.14. The van der Waals surface area contributed by atoms with Crippen LogP contribution in [0.25, 0.3) is 0 Å². The lowest BCUT2D eigenvalue weighted by atomic mass is 9.67. The summed E-state index contributed by atoms with van der Waals surface area (Å²) in [5.74, 6) is 0.635. The first-order chi connectivity index (χ1) is 14.3. The van der Waals surface area contributed by atoms with Gasteiger partial charge in [-0.15, -0.1) is 0 Å². The molecular weight excluding hydrogens is 410 g/mol. The lowest BCUT2D eigenvalue weighted by molar-refractivity contribution is -0.385. The molecule has 10 nitrogen and oxygen atoms in total. The standard InChI is InChI=1S/C19H31N5O5S/c1-3-20-18(22-15-19(8-5-9-19)10-13-29-2)21-11-12-23-30(27,28)17-7-4-6-16(14-17)24(25)26/h4,6-7,14,23H,3,5,8-13,15H2,1-2H3,(H2,20,21,22). The Labute approximate surface area is 177 Å². The van der Waals surface area contributed by atoms with Gasteiger partial charge in [-0.05, 0) is 37.7 Å². The molecule has 30 heavy (non-hydrogen) atoms. The van der Waals surface area contributed by atoms with Gasteiger partial charge in [0.15, 0.2) is 5.96 Å². The molecule has 0 unspecified atom stereocenters. The van der Waals surface area contributed by atoms with Crippen molar-refractivity contribution in [1.29, 1.82) is 0 Å². The smallest absolute Gasteiger partial charge is 0.270 e. The third kappa shape index (κ3) is 6.92. The highest BCUT2D eigenvalue weighted by Gasteiger charge is 2.36. The number of aliphatic imine (C=N–C) groups is 1. The van der Waals surface area contributed by atoms with E-state index in [-0.39, 0.29) is 22.5 Å². The Morgan fingerprint density at radius 2 is 2.07 bits per heavy atom. The van der Waals surface area contributed by atoms with E-state index >= 15 is 0 Å². The fourth-order valence-corrected chi connectivity index (χ4v) is 4.36. The lowest BCUT2D eigenvalue weighted by Gasteiger charge is -2.40. The zero-order valence-electron chi connectivity index (χ0n) is 17.5. The van der Waals surface area contributed by atoms with E-state index in [0.717, 1.165) is 31.9 Å². The minimum atomic E-state index is -3.84. The van der Waals surface area contributed by atoms with Crippen molar-refractivity contribution in [3.63, 3.8) is 0 Å². The first-order valence-corrected chi connectivity index (χ1v) is 11.6. The number of hydrogen-bond acceptors (Lipinski definition) is 6. The highest BCUT2D eigenvalue weighted by molar-refractivity contribution is 7.89. The van der Waals surface area contributed by atoms with Crippen LogP contribution < -0.4 is 15.4 Å². The van der Waals surface area contributed by atoms with Gasteiger partial charge < -0.3 is 15.4 Å². The lowest BCUT2D eigenvalue weighted by Crippen LogP contribution is -2.43. The number of rotatable bonds is 12. The largest absolute Gasteiger partial charge is 0.385 e. The van der Waals surface area contributed by atoms with E-state index in [4.69, 9.17) is 4.74 Å². The fourth-order valence-electron chi connectivity index (χ4n) is 3.28. The molecule has 0 aromatic heterocycles. The number of nitrogens with zero attached hydrogens (tertiary/aromatic N) is 2. The molecule has 11 heteroatoms. The van der Waals surface area contributed by atoms with Crippen molar-refractivity contribution in [2.24, 2.45) is 10.4 Å².